The van der Waals surface area contributed by atoms with Gasteiger partial charge in [-0.25, -0.2) is 0 Å². The van der Waals surface area contributed by atoms with E-state index in [2.05, 4.69) is 10.2 Å². The van der Waals surface area contributed by atoms with Crippen LogP contribution < -0.4 is 5.32 Å². The minimum absolute atomic E-state index is 0.774. The highest BCUT2D eigenvalue weighted by Gasteiger charge is 2.30. The van der Waals surface area contributed by atoms with Gasteiger partial charge in [-0.15, -0.1) is 0 Å². The lowest BCUT2D eigenvalue weighted by molar-refractivity contribution is 0.0696. The Hall–Kier alpha value is -0.0800. The molecule has 3 fully saturated rings. The Morgan fingerprint density at radius 1 is 0.619 bits per heavy atom. The third kappa shape index (κ3) is 4.69. The van der Waals surface area contributed by atoms with Crippen LogP contribution in [0.3, 0.4) is 0 Å². The van der Waals surface area contributed by atoms with Gasteiger partial charge in [-0.05, 0) is 45.1 Å². The van der Waals surface area contributed by atoms with E-state index in [1.165, 1.54) is 103 Å². The molecule has 0 spiro atoms. The van der Waals surface area contributed by atoms with Gasteiger partial charge in [0.1, 0.15) is 0 Å². The van der Waals surface area contributed by atoms with Crippen molar-refractivity contribution in [3.05, 3.63) is 0 Å². The Morgan fingerprint density at radius 2 is 1.14 bits per heavy atom. The molecule has 1 unspecified atom stereocenters. The molecule has 0 aromatic carbocycles. The molecule has 2 saturated carbocycles. The van der Waals surface area contributed by atoms with Crippen LogP contribution in [0, 0.1) is 0 Å². The lowest BCUT2D eigenvalue weighted by atomic mass is 9.88. The highest BCUT2D eigenvalue weighted by Crippen LogP contribution is 2.30. The fraction of sp³-hybridized carbons (Fsp3) is 1.00. The SMILES string of the molecule is C1CCNC(CN(C2CCCCC2)C2CCCCC2)CC1. The molecule has 1 heterocycles. The summed E-state index contributed by atoms with van der Waals surface area (Å²) in [4.78, 5) is 2.99. The Labute approximate surface area is 132 Å². The molecule has 1 saturated heterocycles. The molecule has 0 radical (unpaired) electrons. The molecular weight excluding hydrogens is 256 g/mol. The number of hydrogen-bond acceptors (Lipinski definition) is 2. The number of nitrogens with zero attached hydrogens (tertiary/aromatic N) is 1. The third-order valence-electron chi connectivity index (χ3n) is 6.18. The van der Waals surface area contributed by atoms with Gasteiger partial charge in [0, 0.05) is 24.7 Å². The van der Waals surface area contributed by atoms with E-state index in [0.717, 1.165) is 18.1 Å². The molecule has 122 valence electrons. The molecule has 0 aromatic heterocycles. The van der Waals surface area contributed by atoms with Crippen LogP contribution >= 0.6 is 0 Å². The van der Waals surface area contributed by atoms with Crippen LogP contribution in [0.2, 0.25) is 0 Å². The monoisotopic (exact) mass is 292 g/mol. The van der Waals surface area contributed by atoms with Gasteiger partial charge in [-0.2, -0.15) is 0 Å². The molecule has 2 nitrogen and oxygen atoms in total. The maximum absolute atomic E-state index is 3.85. The summed E-state index contributed by atoms with van der Waals surface area (Å²) in [7, 11) is 0. The lowest BCUT2D eigenvalue weighted by Crippen LogP contribution is -2.51. The molecule has 2 heteroatoms. The van der Waals surface area contributed by atoms with Crippen LogP contribution in [-0.2, 0) is 0 Å². The lowest BCUT2D eigenvalue weighted by Gasteiger charge is -2.43. The number of nitrogens with one attached hydrogen (secondary N) is 1. The zero-order valence-electron chi connectivity index (χ0n) is 14.0. The normalized spacial score (nSPS) is 30.4. The van der Waals surface area contributed by atoms with Crippen LogP contribution in [0.1, 0.15) is 89.9 Å². The second-order valence-electron chi connectivity index (χ2n) is 7.78. The average Bonchev–Trinajstić information content (AvgIpc) is 2.83. The van der Waals surface area contributed by atoms with E-state index in [1.807, 2.05) is 0 Å². The Morgan fingerprint density at radius 3 is 1.76 bits per heavy atom. The summed E-state index contributed by atoms with van der Waals surface area (Å²) >= 11 is 0. The first-order chi connectivity index (χ1) is 10.4. The Kier molecular flexibility index (Phi) is 6.42. The summed E-state index contributed by atoms with van der Waals surface area (Å²) in [6.45, 7) is 2.60. The summed E-state index contributed by atoms with van der Waals surface area (Å²) in [5.41, 5.74) is 0. The average molecular weight is 293 g/mol. The van der Waals surface area contributed by atoms with Gasteiger partial charge in [0.2, 0.25) is 0 Å². The molecule has 3 aliphatic rings. The number of rotatable bonds is 4. The summed E-state index contributed by atoms with van der Waals surface area (Å²) < 4.78 is 0. The summed E-state index contributed by atoms with van der Waals surface area (Å²) in [6, 6.07) is 2.59. The zero-order chi connectivity index (χ0) is 14.3. The van der Waals surface area contributed by atoms with Crippen molar-refractivity contribution in [2.24, 2.45) is 0 Å². The van der Waals surface area contributed by atoms with E-state index >= 15 is 0 Å². The van der Waals surface area contributed by atoms with Crippen molar-refractivity contribution < 1.29 is 0 Å². The standard InChI is InChI=1S/C19H36N2/c1-5-11-18(12-6-1)21(19-13-7-2-8-14-19)16-17-10-4-3-9-15-20-17/h17-20H,1-16H2. The van der Waals surface area contributed by atoms with Crippen molar-refractivity contribution in [2.45, 2.75) is 108 Å². The summed E-state index contributed by atoms with van der Waals surface area (Å²) in [6.07, 6.45) is 20.5. The van der Waals surface area contributed by atoms with Crippen LogP contribution in [0.4, 0.5) is 0 Å². The molecule has 1 N–H and O–H groups in total. The van der Waals surface area contributed by atoms with Gasteiger partial charge < -0.3 is 5.32 Å². The van der Waals surface area contributed by atoms with E-state index in [1.54, 1.807) is 0 Å². The second kappa shape index (κ2) is 8.53. The van der Waals surface area contributed by atoms with E-state index in [-0.39, 0.29) is 0 Å². The predicted molar refractivity (Wildman–Crippen MR) is 90.7 cm³/mol. The molecule has 0 aromatic rings. The molecule has 3 rings (SSSR count). The van der Waals surface area contributed by atoms with Crippen LogP contribution in [-0.4, -0.2) is 36.1 Å². The summed E-state index contributed by atoms with van der Waals surface area (Å²) in [5, 5.41) is 3.85. The molecule has 1 atom stereocenters. The minimum Gasteiger partial charge on any atom is -0.313 e. The van der Waals surface area contributed by atoms with Gasteiger partial charge in [-0.1, -0.05) is 51.4 Å². The first kappa shape index (κ1) is 15.8. The first-order valence-corrected chi connectivity index (χ1v) is 9.92. The third-order valence-corrected chi connectivity index (χ3v) is 6.18. The molecule has 0 bridgehead atoms. The molecule has 0 amide bonds. The fourth-order valence-electron chi connectivity index (χ4n) is 4.93. The predicted octanol–water partition coefficient (Wildman–Crippen LogP) is 4.49. The van der Waals surface area contributed by atoms with Crippen molar-refractivity contribution in [1.29, 1.82) is 0 Å². The highest BCUT2D eigenvalue weighted by atomic mass is 15.2. The molecule has 1 aliphatic heterocycles. The van der Waals surface area contributed by atoms with Gasteiger partial charge >= 0.3 is 0 Å². The molecule has 2 aliphatic carbocycles. The van der Waals surface area contributed by atoms with Crippen molar-refractivity contribution in [3.8, 4) is 0 Å². The Balaban J connectivity index is 1.61. The second-order valence-corrected chi connectivity index (χ2v) is 7.78. The van der Waals surface area contributed by atoms with Gasteiger partial charge in [0.05, 0.1) is 0 Å². The largest absolute Gasteiger partial charge is 0.313 e. The molecule has 21 heavy (non-hydrogen) atoms. The van der Waals surface area contributed by atoms with E-state index in [9.17, 15) is 0 Å². The smallest absolute Gasteiger partial charge is 0.0195 e. The zero-order valence-corrected chi connectivity index (χ0v) is 14.0. The van der Waals surface area contributed by atoms with Crippen LogP contribution in [0.5, 0.6) is 0 Å². The van der Waals surface area contributed by atoms with Gasteiger partial charge in [-0.3, -0.25) is 4.90 Å². The Bertz CT molecular complexity index is 253. The van der Waals surface area contributed by atoms with E-state index in [0.29, 0.717) is 0 Å². The quantitative estimate of drug-likeness (QED) is 0.821. The van der Waals surface area contributed by atoms with Crippen molar-refractivity contribution >= 4 is 0 Å². The maximum atomic E-state index is 3.85. The van der Waals surface area contributed by atoms with Crippen LogP contribution in [0.15, 0.2) is 0 Å². The fourth-order valence-corrected chi connectivity index (χ4v) is 4.93. The van der Waals surface area contributed by atoms with E-state index < -0.39 is 0 Å². The topological polar surface area (TPSA) is 15.3 Å². The first-order valence-electron chi connectivity index (χ1n) is 9.92. The minimum atomic E-state index is 0.774. The summed E-state index contributed by atoms with van der Waals surface area (Å²) in [5.74, 6) is 0. The van der Waals surface area contributed by atoms with Crippen LogP contribution in [0.25, 0.3) is 0 Å². The van der Waals surface area contributed by atoms with Gasteiger partial charge in [0.15, 0.2) is 0 Å². The number of hydrogen-bond donors (Lipinski definition) is 1. The maximum Gasteiger partial charge on any atom is 0.0195 e. The molecular formula is C19H36N2. The van der Waals surface area contributed by atoms with Gasteiger partial charge in [0.25, 0.3) is 0 Å². The van der Waals surface area contributed by atoms with Crippen molar-refractivity contribution in [3.63, 3.8) is 0 Å². The van der Waals surface area contributed by atoms with Crippen molar-refractivity contribution in [1.82, 2.24) is 10.2 Å². The van der Waals surface area contributed by atoms with E-state index in [4.69, 9.17) is 0 Å². The highest BCUT2D eigenvalue weighted by molar-refractivity contribution is 4.87. The van der Waals surface area contributed by atoms with Crippen molar-refractivity contribution in [2.75, 3.05) is 13.1 Å².